The van der Waals surface area contributed by atoms with E-state index in [1.807, 2.05) is 11.4 Å². The molecule has 0 fully saturated rings. The Kier molecular flexibility index (Phi) is 4.55. The van der Waals surface area contributed by atoms with Crippen LogP contribution >= 0.6 is 11.3 Å². The molecule has 1 unspecified atom stereocenters. The molecule has 0 aromatic carbocycles. The number of amides is 1. The zero-order chi connectivity index (χ0) is 17.2. The highest BCUT2D eigenvalue weighted by molar-refractivity contribution is 7.13. The van der Waals surface area contributed by atoms with Crippen LogP contribution in [0.1, 0.15) is 24.1 Å². The van der Waals surface area contributed by atoms with Gasteiger partial charge in [0.05, 0.1) is 24.9 Å². The average Bonchev–Trinajstić information content (AvgIpc) is 3.25. The molecule has 0 aliphatic rings. The molecule has 126 valence electrons. The SMILES string of the molecule is Cc1ccc(C(C)(O)CNC(=O)Cc2csc(-c3ccoc3)n2)o1. The fourth-order valence-corrected chi connectivity index (χ4v) is 3.02. The number of hydrogen-bond acceptors (Lipinski definition) is 6. The van der Waals surface area contributed by atoms with Gasteiger partial charge in [-0.05, 0) is 32.0 Å². The first-order valence-electron chi connectivity index (χ1n) is 7.47. The lowest BCUT2D eigenvalue weighted by atomic mass is 10.0. The predicted molar refractivity (Wildman–Crippen MR) is 89.5 cm³/mol. The second-order valence-electron chi connectivity index (χ2n) is 5.79. The third-order valence-electron chi connectivity index (χ3n) is 3.56. The fraction of sp³-hybridized carbons (Fsp3) is 0.294. The van der Waals surface area contributed by atoms with Gasteiger partial charge in [-0.15, -0.1) is 11.3 Å². The molecular formula is C17H18N2O4S. The number of carbonyl (C=O) groups is 1. The number of nitrogens with zero attached hydrogens (tertiary/aromatic N) is 1. The van der Waals surface area contributed by atoms with Crippen molar-refractivity contribution in [3.63, 3.8) is 0 Å². The van der Waals surface area contributed by atoms with E-state index in [0.717, 1.165) is 10.6 Å². The summed E-state index contributed by atoms with van der Waals surface area (Å²) in [4.78, 5) is 16.5. The van der Waals surface area contributed by atoms with E-state index in [4.69, 9.17) is 8.83 Å². The highest BCUT2D eigenvalue weighted by Gasteiger charge is 2.27. The minimum absolute atomic E-state index is 0.0670. The minimum atomic E-state index is -1.26. The standard InChI is InChI=1S/C17H18N2O4S/c1-11-3-4-14(23-11)17(2,21)10-18-15(20)7-13-9-24-16(19-13)12-5-6-22-8-12/h3-6,8-9,21H,7,10H2,1-2H3,(H,18,20). The van der Waals surface area contributed by atoms with Gasteiger partial charge in [-0.3, -0.25) is 4.79 Å². The Bertz CT molecular complexity index is 817. The first-order valence-corrected chi connectivity index (χ1v) is 8.35. The normalized spacial score (nSPS) is 13.6. The van der Waals surface area contributed by atoms with E-state index in [0.29, 0.717) is 17.2 Å². The Hall–Kier alpha value is -2.38. The Labute approximate surface area is 143 Å². The molecular weight excluding hydrogens is 328 g/mol. The Morgan fingerprint density at radius 2 is 2.25 bits per heavy atom. The topological polar surface area (TPSA) is 88.5 Å². The summed E-state index contributed by atoms with van der Waals surface area (Å²) in [6.45, 7) is 3.47. The average molecular weight is 346 g/mol. The lowest BCUT2D eigenvalue weighted by molar-refractivity contribution is -0.121. The lowest BCUT2D eigenvalue weighted by Gasteiger charge is -2.21. The first kappa shape index (κ1) is 16.5. The van der Waals surface area contributed by atoms with Crippen LogP contribution in [-0.2, 0) is 16.8 Å². The van der Waals surface area contributed by atoms with E-state index < -0.39 is 5.60 Å². The number of furan rings is 2. The van der Waals surface area contributed by atoms with Gasteiger partial charge in [0.2, 0.25) is 5.91 Å². The summed E-state index contributed by atoms with van der Waals surface area (Å²) in [5, 5.41) is 15.8. The summed E-state index contributed by atoms with van der Waals surface area (Å²) in [7, 11) is 0. The maximum atomic E-state index is 12.1. The van der Waals surface area contributed by atoms with Crippen LogP contribution in [0, 0.1) is 6.92 Å². The van der Waals surface area contributed by atoms with Gasteiger partial charge in [0.1, 0.15) is 28.4 Å². The van der Waals surface area contributed by atoms with Crippen LogP contribution in [-0.4, -0.2) is 22.5 Å². The number of rotatable bonds is 6. The maximum Gasteiger partial charge on any atom is 0.226 e. The summed E-state index contributed by atoms with van der Waals surface area (Å²) in [5.74, 6) is 0.935. The number of aryl methyl sites for hydroxylation is 1. The molecule has 1 atom stereocenters. The monoisotopic (exact) mass is 346 g/mol. The van der Waals surface area contributed by atoms with E-state index in [1.165, 1.54) is 11.3 Å². The molecule has 0 saturated carbocycles. The summed E-state index contributed by atoms with van der Waals surface area (Å²) >= 11 is 1.46. The predicted octanol–water partition coefficient (Wildman–Crippen LogP) is 2.87. The molecule has 7 heteroatoms. The Balaban J connectivity index is 1.56. The quantitative estimate of drug-likeness (QED) is 0.716. The summed E-state index contributed by atoms with van der Waals surface area (Å²) in [6.07, 6.45) is 3.36. The number of aliphatic hydroxyl groups is 1. The van der Waals surface area contributed by atoms with Gasteiger partial charge in [0.15, 0.2) is 0 Å². The fourth-order valence-electron chi connectivity index (χ4n) is 2.22. The van der Waals surface area contributed by atoms with Crippen LogP contribution < -0.4 is 5.32 Å². The van der Waals surface area contributed by atoms with E-state index in [1.54, 1.807) is 38.5 Å². The molecule has 24 heavy (non-hydrogen) atoms. The van der Waals surface area contributed by atoms with Gasteiger partial charge in [-0.1, -0.05) is 0 Å². The van der Waals surface area contributed by atoms with Crippen molar-refractivity contribution in [1.82, 2.24) is 10.3 Å². The van der Waals surface area contributed by atoms with Gasteiger partial charge in [0, 0.05) is 10.9 Å². The zero-order valence-electron chi connectivity index (χ0n) is 13.4. The molecule has 3 aromatic rings. The van der Waals surface area contributed by atoms with Crippen molar-refractivity contribution in [3.05, 3.63) is 53.3 Å². The molecule has 3 heterocycles. The Morgan fingerprint density at radius 3 is 2.92 bits per heavy atom. The zero-order valence-corrected chi connectivity index (χ0v) is 14.2. The Morgan fingerprint density at radius 1 is 1.42 bits per heavy atom. The van der Waals surface area contributed by atoms with Crippen LogP contribution in [0.5, 0.6) is 0 Å². The second kappa shape index (κ2) is 6.62. The maximum absolute atomic E-state index is 12.1. The number of aromatic nitrogens is 1. The van der Waals surface area contributed by atoms with E-state index in [-0.39, 0.29) is 18.9 Å². The van der Waals surface area contributed by atoms with Crippen molar-refractivity contribution in [2.75, 3.05) is 6.54 Å². The van der Waals surface area contributed by atoms with E-state index in [2.05, 4.69) is 10.3 Å². The smallest absolute Gasteiger partial charge is 0.226 e. The summed E-state index contributed by atoms with van der Waals surface area (Å²) < 4.78 is 10.5. The van der Waals surface area contributed by atoms with Gasteiger partial charge >= 0.3 is 0 Å². The number of thiazole rings is 1. The number of hydrogen-bond donors (Lipinski definition) is 2. The van der Waals surface area contributed by atoms with Crippen molar-refractivity contribution < 1.29 is 18.7 Å². The molecule has 6 nitrogen and oxygen atoms in total. The van der Waals surface area contributed by atoms with E-state index in [9.17, 15) is 9.90 Å². The molecule has 0 aliphatic heterocycles. The molecule has 0 bridgehead atoms. The van der Waals surface area contributed by atoms with Crippen molar-refractivity contribution in [2.45, 2.75) is 25.9 Å². The van der Waals surface area contributed by atoms with Crippen LogP contribution in [0.3, 0.4) is 0 Å². The highest BCUT2D eigenvalue weighted by Crippen LogP contribution is 2.24. The number of carbonyl (C=O) groups excluding carboxylic acids is 1. The summed E-state index contributed by atoms with van der Waals surface area (Å²) in [5.41, 5.74) is 0.318. The second-order valence-corrected chi connectivity index (χ2v) is 6.65. The lowest BCUT2D eigenvalue weighted by Crippen LogP contribution is -2.39. The molecule has 1 amide bonds. The largest absolute Gasteiger partial charge is 0.472 e. The van der Waals surface area contributed by atoms with Gasteiger partial charge in [0.25, 0.3) is 0 Å². The molecule has 0 saturated heterocycles. The van der Waals surface area contributed by atoms with Crippen molar-refractivity contribution in [2.24, 2.45) is 0 Å². The number of nitrogens with one attached hydrogen (secondary N) is 1. The molecule has 2 N–H and O–H groups in total. The van der Waals surface area contributed by atoms with E-state index >= 15 is 0 Å². The van der Waals surface area contributed by atoms with Gasteiger partial charge < -0.3 is 19.3 Å². The van der Waals surface area contributed by atoms with Crippen LogP contribution in [0.15, 0.2) is 44.9 Å². The third kappa shape index (κ3) is 3.74. The molecule has 0 radical (unpaired) electrons. The minimum Gasteiger partial charge on any atom is -0.472 e. The molecule has 0 spiro atoms. The van der Waals surface area contributed by atoms with Gasteiger partial charge in [-0.25, -0.2) is 4.98 Å². The van der Waals surface area contributed by atoms with Crippen molar-refractivity contribution in [3.8, 4) is 10.6 Å². The third-order valence-corrected chi connectivity index (χ3v) is 4.50. The van der Waals surface area contributed by atoms with Crippen molar-refractivity contribution >= 4 is 17.2 Å². The first-order chi connectivity index (χ1) is 11.4. The highest BCUT2D eigenvalue weighted by atomic mass is 32.1. The van der Waals surface area contributed by atoms with Crippen molar-refractivity contribution in [1.29, 1.82) is 0 Å². The van der Waals surface area contributed by atoms with Crippen LogP contribution in [0.4, 0.5) is 0 Å². The molecule has 3 aromatic heterocycles. The van der Waals surface area contributed by atoms with Crippen LogP contribution in [0.25, 0.3) is 10.6 Å². The molecule has 3 rings (SSSR count). The van der Waals surface area contributed by atoms with Gasteiger partial charge in [-0.2, -0.15) is 0 Å². The summed E-state index contributed by atoms with van der Waals surface area (Å²) in [6, 6.07) is 5.31. The molecule has 0 aliphatic carbocycles. The van der Waals surface area contributed by atoms with Crippen LogP contribution in [0.2, 0.25) is 0 Å².